The molecule has 3 aromatic heterocycles. The molecule has 34 heavy (non-hydrogen) atoms. The van der Waals surface area contributed by atoms with E-state index < -0.39 is 0 Å². The fraction of sp³-hybridized carbons (Fsp3) is 0.308. The number of rotatable bonds is 5. The summed E-state index contributed by atoms with van der Waals surface area (Å²) in [5.41, 5.74) is 5.32. The van der Waals surface area contributed by atoms with E-state index in [9.17, 15) is 4.79 Å². The predicted molar refractivity (Wildman–Crippen MR) is 132 cm³/mol. The van der Waals surface area contributed by atoms with Gasteiger partial charge in [-0.3, -0.25) is 4.79 Å². The van der Waals surface area contributed by atoms with E-state index in [-0.39, 0.29) is 5.91 Å². The molecular weight excluding hydrogens is 448 g/mol. The molecule has 7 nitrogen and oxygen atoms in total. The number of nitrogens with one attached hydrogen (secondary N) is 1. The number of imidazole rings is 2. The van der Waals surface area contributed by atoms with E-state index in [0.29, 0.717) is 28.4 Å². The highest BCUT2D eigenvalue weighted by atomic mass is 35.5. The number of hydrogen-bond donors (Lipinski definition) is 1. The summed E-state index contributed by atoms with van der Waals surface area (Å²) in [6.07, 6.45) is 10.3. The van der Waals surface area contributed by atoms with Gasteiger partial charge in [0, 0.05) is 30.0 Å². The van der Waals surface area contributed by atoms with Crippen molar-refractivity contribution >= 4 is 23.3 Å². The second-order valence-electron chi connectivity index (χ2n) is 9.29. The minimum atomic E-state index is -0.305. The molecule has 8 heteroatoms. The van der Waals surface area contributed by atoms with Gasteiger partial charge in [0.1, 0.15) is 11.5 Å². The lowest BCUT2D eigenvalue weighted by molar-refractivity contribution is 0.102. The zero-order chi connectivity index (χ0) is 23.4. The summed E-state index contributed by atoms with van der Waals surface area (Å²) in [5.74, 6) is 1.55. The second-order valence-corrected chi connectivity index (χ2v) is 9.70. The number of aromatic nitrogens is 5. The molecule has 1 fully saturated rings. The molecule has 0 spiro atoms. The molecule has 1 aromatic carbocycles. The minimum absolute atomic E-state index is 0.305. The third kappa shape index (κ3) is 3.70. The van der Waals surface area contributed by atoms with Crippen LogP contribution in [0.1, 0.15) is 65.5 Å². The number of pyridine rings is 1. The topological polar surface area (TPSA) is 77.6 Å². The van der Waals surface area contributed by atoms with Gasteiger partial charge >= 0.3 is 0 Å². The van der Waals surface area contributed by atoms with Gasteiger partial charge < -0.3 is 14.5 Å². The number of halogens is 1. The van der Waals surface area contributed by atoms with E-state index in [1.54, 1.807) is 12.4 Å². The third-order valence-corrected chi connectivity index (χ3v) is 7.07. The van der Waals surface area contributed by atoms with Crippen LogP contribution in [0.2, 0.25) is 5.02 Å². The van der Waals surface area contributed by atoms with Crippen LogP contribution in [0.5, 0.6) is 0 Å². The Balaban J connectivity index is 1.28. The summed E-state index contributed by atoms with van der Waals surface area (Å²) in [7, 11) is 0. The van der Waals surface area contributed by atoms with Crippen molar-refractivity contribution in [1.82, 2.24) is 24.1 Å². The molecule has 0 saturated heterocycles. The highest BCUT2D eigenvalue weighted by molar-refractivity contribution is 6.34. The fourth-order valence-electron chi connectivity index (χ4n) is 4.73. The summed E-state index contributed by atoms with van der Waals surface area (Å²) in [4.78, 5) is 27.0. The van der Waals surface area contributed by atoms with Gasteiger partial charge in [-0.1, -0.05) is 17.7 Å². The molecule has 0 unspecified atom stereocenters. The van der Waals surface area contributed by atoms with Crippen molar-refractivity contribution < 1.29 is 4.79 Å². The summed E-state index contributed by atoms with van der Waals surface area (Å²) in [6, 6.07) is 9.61. The molecule has 1 saturated carbocycles. The number of nitrogens with zero attached hydrogens (tertiary/aromatic N) is 5. The SMILES string of the molecule is Cc1cc(Cl)c(C(=O)Nc2cccc(-c3ncc4n3[C@@H](C)CC4)n2)cc1-n1cnc(C2CC2)c1. The molecule has 1 N–H and O–H groups in total. The molecule has 0 radical (unpaired) electrons. The molecule has 4 heterocycles. The molecule has 6 rings (SSSR count). The third-order valence-electron chi connectivity index (χ3n) is 6.76. The number of fused-ring (bicyclic) bond motifs is 1. The highest BCUT2D eigenvalue weighted by Gasteiger charge is 2.26. The van der Waals surface area contributed by atoms with Crippen molar-refractivity contribution in [2.45, 2.75) is 51.5 Å². The van der Waals surface area contributed by atoms with Crippen molar-refractivity contribution in [3.8, 4) is 17.2 Å². The maximum absolute atomic E-state index is 13.2. The van der Waals surface area contributed by atoms with Gasteiger partial charge in [-0.05, 0) is 69.4 Å². The highest BCUT2D eigenvalue weighted by Crippen LogP contribution is 2.39. The first-order chi connectivity index (χ1) is 16.5. The summed E-state index contributed by atoms with van der Waals surface area (Å²) in [6.45, 7) is 4.17. The first-order valence-electron chi connectivity index (χ1n) is 11.7. The van der Waals surface area contributed by atoms with Gasteiger partial charge in [0.15, 0.2) is 5.82 Å². The quantitative estimate of drug-likeness (QED) is 0.402. The first-order valence-corrected chi connectivity index (χ1v) is 12.0. The largest absolute Gasteiger partial charge is 0.324 e. The predicted octanol–water partition coefficient (Wildman–Crippen LogP) is 5.73. The first kappa shape index (κ1) is 21.1. The monoisotopic (exact) mass is 472 g/mol. The van der Waals surface area contributed by atoms with E-state index in [1.165, 1.54) is 18.5 Å². The standard InChI is InChI=1S/C26H25ClN6O/c1-15-10-20(27)19(11-23(15)32-13-22(29-14-32)17-7-8-17)26(34)31-24-5-3-4-21(30-24)25-28-12-18-9-6-16(2)33(18)25/h3-5,10-14,16-17H,6-9H2,1-2H3,(H,30,31,34)/t16-/m0/s1. The van der Waals surface area contributed by atoms with E-state index in [4.69, 9.17) is 11.6 Å². The minimum Gasteiger partial charge on any atom is -0.324 e. The van der Waals surface area contributed by atoms with Crippen LogP contribution >= 0.6 is 11.6 Å². The Kier molecular flexibility index (Phi) is 5.03. The van der Waals surface area contributed by atoms with Crippen LogP contribution in [0, 0.1) is 6.92 Å². The van der Waals surface area contributed by atoms with E-state index in [0.717, 1.165) is 41.3 Å². The van der Waals surface area contributed by atoms with Crippen molar-refractivity contribution in [2.24, 2.45) is 0 Å². The van der Waals surface area contributed by atoms with Crippen LogP contribution in [0.15, 0.2) is 49.1 Å². The number of amides is 1. The van der Waals surface area contributed by atoms with Crippen molar-refractivity contribution in [3.63, 3.8) is 0 Å². The van der Waals surface area contributed by atoms with Gasteiger partial charge in [0.25, 0.3) is 5.91 Å². The second kappa shape index (κ2) is 8.09. The number of hydrogen-bond acceptors (Lipinski definition) is 4. The Morgan fingerprint density at radius 1 is 1.18 bits per heavy atom. The molecule has 1 aliphatic heterocycles. The number of carbonyl (C=O) groups excluding carboxylic acids is 1. The Bertz CT molecular complexity index is 1420. The smallest absolute Gasteiger partial charge is 0.258 e. The molecule has 1 amide bonds. The number of benzene rings is 1. The Labute approximate surface area is 202 Å². The lowest BCUT2D eigenvalue weighted by Gasteiger charge is -2.13. The maximum atomic E-state index is 13.2. The number of anilines is 1. The van der Waals surface area contributed by atoms with Crippen LogP contribution in [-0.2, 0) is 6.42 Å². The zero-order valence-electron chi connectivity index (χ0n) is 19.1. The van der Waals surface area contributed by atoms with Gasteiger partial charge in [-0.15, -0.1) is 0 Å². The van der Waals surface area contributed by atoms with Crippen molar-refractivity contribution in [1.29, 1.82) is 0 Å². The van der Waals surface area contributed by atoms with E-state index in [2.05, 4.69) is 31.8 Å². The number of carbonyl (C=O) groups is 1. The molecule has 172 valence electrons. The van der Waals surface area contributed by atoms with Crippen molar-refractivity contribution in [3.05, 3.63) is 76.6 Å². The normalized spacial score (nSPS) is 17.1. The summed E-state index contributed by atoms with van der Waals surface area (Å²) >= 11 is 6.49. The van der Waals surface area contributed by atoms with Gasteiger partial charge in [-0.2, -0.15) is 0 Å². The Hall–Kier alpha value is -3.45. The Morgan fingerprint density at radius 3 is 2.85 bits per heavy atom. The molecule has 2 aliphatic rings. The van der Waals surface area contributed by atoms with Gasteiger partial charge in [-0.25, -0.2) is 15.0 Å². The summed E-state index contributed by atoms with van der Waals surface area (Å²) in [5, 5.41) is 3.32. The van der Waals surface area contributed by atoms with Crippen molar-refractivity contribution in [2.75, 3.05) is 5.32 Å². The van der Waals surface area contributed by atoms with E-state index in [1.807, 2.05) is 48.1 Å². The number of aryl methyl sites for hydroxylation is 2. The lowest BCUT2D eigenvalue weighted by atomic mass is 10.1. The van der Waals surface area contributed by atoms with Crippen LogP contribution in [0.4, 0.5) is 5.82 Å². The molecule has 1 aliphatic carbocycles. The van der Waals surface area contributed by atoms with Crippen LogP contribution in [0.3, 0.4) is 0 Å². The van der Waals surface area contributed by atoms with Crippen LogP contribution < -0.4 is 5.32 Å². The molecule has 4 aromatic rings. The zero-order valence-corrected chi connectivity index (χ0v) is 19.9. The Morgan fingerprint density at radius 2 is 2.03 bits per heavy atom. The summed E-state index contributed by atoms with van der Waals surface area (Å²) < 4.78 is 4.20. The van der Waals surface area contributed by atoms with Crippen LogP contribution in [-0.4, -0.2) is 30.0 Å². The van der Waals surface area contributed by atoms with Crippen LogP contribution in [0.25, 0.3) is 17.2 Å². The molecular formula is C26H25ClN6O. The molecule has 1 atom stereocenters. The average Bonchev–Trinajstić information content (AvgIpc) is 3.23. The lowest BCUT2D eigenvalue weighted by Crippen LogP contribution is -2.15. The fourth-order valence-corrected chi connectivity index (χ4v) is 5.04. The van der Waals surface area contributed by atoms with Gasteiger partial charge in [0.05, 0.1) is 28.3 Å². The molecule has 0 bridgehead atoms. The maximum Gasteiger partial charge on any atom is 0.258 e. The van der Waals surface area contributed by atoms with E-state index >= 15 is 0 Å². The van der Waals surface area contributed by atoms with Gasteiger partial charge in [0.2, 0.25) is 0 Å². The average molecular weight is 473 g/mol.